The second-order valence-corrected chi connectivity index (χ2v) is 5.96. The van der Waals surface area contributed by atoms with Crippen LogP contribution in [0.2, 0.25) is 10.0 Å². The van der Waals surface area contributed by atoms with Crippen LogP contribution in [-0.4, -0.2) is 9.78 Å². The van der Waals surface area contributed by atoms with Crippen molar-refractivity contribution < 1.29 is 0 Å². The van der Waals surface area contributed by atoms with Crippen molar-refractivity contribution in [3.05, 3.63) is 51.3 Å². The SMILES string of the molecule is CCc1nn(C)cc1CNC(CC)c1ccc(Cl)c(Cl)c1. The molecule has 0 fully saturated rings. The lowest BCUT2D eigenvalue weighted by Crippen LogP contribution is -2.20. The standard InChI is InChI=1S/C16H21Cl2N3/c1-4-15(11-6-7-13(17)14(18)8-11)19-9-12-10-21(3)20-16(12)5-2/h6-8,10,15,19H,4-5,9H2,1-3H3. The monoisotopic (exact) mass is 325 g/mol. The summed E-state index contributed by atoms with van der Waals surface area (Å²) in [6.45, 7) is 5.09. The first-order valence-electron chi connectivity index (χ1n) is 7.24. The van der Waals surface area contributed by atoms with Gasteiger partial charge in [-0.1, -0.05) is 43.1 Å². The van der Waals surface area contributed by atoms with Gasteiger partial charge in [-0.05, 0) is 30.5 Å². The highest BCUT2D eigenvalue weighted by Crippen LogP contribution is 2.27. The minimum Gasteiger partial charge on any atom is -0.306 e. The highest BCUT2D eigenvalue weighted by molar-refractivity contribution is 6.42. The van der Waals surface area contributed by atoms with E-state index in [1.54, 1.807) is 0 Å². The van der Waals surface area contributed by atoms with Gasteiger partial charge in [0.25, 0.3) is 0 Å². The maximum Gasteiger partial charge on any atom is 0.0666 e. The smallest absolute Gasteiger partial charge is 0.0666 e. The molecule has 0 amide bonds. The molecule has 114 valence electrons. The predicted octanol–water partition coefficient (Wildman–Crippen LogP) is 4.53. The van der Waals surface area contributed by atoms with Gasteiger partial charge in [-0.3, -0.25) is 4.68 Å². The maximum atomic E-state index is 6.11. The molecular weight excluding hydrogens is 305 g/mol. The van der Waals surface area contributed by atoms with Crippen LogP contribution in [0.5, 0.6) is 0 Å². The fourth-order valence-electron chi connectivity index (χ4n) is 2.49. The molecule has 1 unspecified atom stereocenters. The summed E-state index contributed by atoms with van der Waals surface area (Å²) >= 11 is 12.1. The van der Waals surface area contributed by atoms with Gasteiger partial charge >= 0.3 is 0 Å². The van der Waals surface area contributed by atoms with Gasteiger partial charge in [0.05, 0.1) is 15.7 Å². The van der Waals surface area contributed by atoms with Crippen LogP contribution < -0.4 is 5.32 Å². The average Bonchev–Trinajstić information content (AvgIpc) is 2.83. The Hall–Kier alpha value is -1.03. The first-order valence-corrected chi connectivity index (χ1v) is 8.00. The van der Waals surface area contributed by atoms with Crippen LogP contribution in [0.3, 0.4) is 0 Å². The van der Waals surface area contributed by atoms with Gasteiger partial charge in [0.15, 0.2) is 0 Å². The minimum absolute atomic E-state index is 0.254. The Morgan fingerprint density at radius 2 is 2.00 bits per heavy atom. The third-order valence-corrected chi connectivity index (χ3v) is 4.36. The second-order valence-electron chi connectivity index (χ2n) is 5.14. The van der Waals surface area contributed by atoms with Crippen LogP contribution in [0, 0.1) is 0 Å². The number of aryl methyl sites for hydroxylation is 2. The zero-order valence-corrected chi connectivity index (χ0v) is 14.2. The molecule has 0 saturated carbocycles. The summed E-state index contributed by atoms with van der Waals surface area (Å²) in [5.41, 5.74) is 3.56. The van der Waals surface area contributed by atoms with Gasteiger partial charge in [-0.25, -0.2) is 0 Å². The predicted molar refractivity (Wildman–Crippen MR) is 88.9 cm³/mol. The highest BCUT2D eigenvalue weighted by Gasteiger charge is 2.12. The fourth-order valence-corrected chi connectivity index (χ4v) is 2.80. The fraction of sp³-hybridized carbons (Fsp3) is 0.438. The molecule has 2 aromatic rings. The van der Waals surface area contributed by atoms with E-state index in [1.807, 2.05) is 29.9 Å². The molecule has 0 spiro atoms. The summed E-state index contributed by atoms with van der Waals surface area (Å²) < 4.78 is 1.87. The summed E-state index contributed by atoms with van der Waals surface area (Å²) in [6.07, 6.45) is 4.01. The Morgan fingerprint density at radius 3 is 2.62 bits per heavy atom. The van der Waals surface area contributed by atoms with Gasteiger partial charge < -0.3 is 5.32 Å². The number of hydrogen-bond acceptors (Lipinski definition) is 2. The molecule has 1 aromatic carbocycles. The van der Waals surface area contributed by atoms with E-state index in [1.165, 1.54) is 5.56 Å². The molecule has 0 aliphatic carbocycles. The van der Waals surface area contributed by atoms with Crippen molar-refractivity contribution in [1.82, 2.24) is 15.1 Å². The number of hydrogen-bond donors (Lipinski definition) is 1. The lowest BCUT2D eigenvalue weighted by Gasteiger charge is -2.18. The van der Waals surface area contributed by atoms with Gasteiger partial charge in [-0.15, -0.1) is 0 Å². The molecule has 1 N–H and O–H groups in total. The van der Waals surface area contributed by atoms with Gasteiger partial charge in [-0.2, -0.15) is 5.10 Å². The lowest BCUT2D eigenvalue weighted by molar-refractivity contribution is 0.517. The van der Waals surface area contributed by atoms with E-state index in [4.69, 9.17) is 23.2 Å². The quantitative estimate of drug-likeness (QED) is 0.845. The number of benzene rings is 1. The Morgan fingerprint density at radius 1 is 1.24 bits per heavy atom. The molecule has 1 aromatic heterocycles. The van der Waals surface area contributed by atoms with Crippen molar-refractivity contribution in [2.24, 2.45) is 7.05 Å². The van der Waals surface area contributed by atoms with Crippen LogP contribution in [0.4, 0.5) is 0 Å². The summed E-state index contributed by atoms with van der Waals surface area (Å²) in [5, 5.41) is 9.25. The van der Waals surface area contributed by atoms with E-state index in [0.717, 1.165) is 30.6 Å². The Labute approximate surface area is 136 Å². The van der Waals surface area contributed by atoms with E-state index >= 15 is 0 Å². The molecular formula is C16H21Cl2N3. The molecule has 1 heterocycles. The number of halogens is 2. The van der Waals surface area contributed by atoms with Crippen molar-refractivity contribution in [2.45, 2.75) is 39.3 Å². The summed E-state index contributed by atoms with van der Waals surface area (Å²) in [6, 6.07) is 6.07. The lowest BCUT2D eigenvalue weighted by atomic mass is 10.0. The van der Waals surface area contributed by atoms with Crippen molar-refractivity contribution in [3.8, 4) is 0 Å². The number of nitrogens with zero attached hydrogens (tertiary/aromatic N) is 2. The first-order chi connectivity index (χ1) is 10.0. The summed E-state index contributed by atoms with van der Waals surface area (Å²) in [5.74, 6) is 0. The van der Waals surface area contributed by atoms with Gasteiger partial charge in [0.2, 0.25) is 0 Å². The number of aromatic nitrogens is 2. The Kier molecular flexibility index (Phi) is 5.68. The third kappa shape index (κ3) is 4.00. The zero-order chi connectivity index (χ0) is 15.4. The largest absolute Gasteiger partial charge is 0.306 e. The highest BCUT2D eigenvalue weighted by atomic mass is 35.5. The topological polar surface area (TPSA) is 29.9 Å². The van der Waals surface area contributed by atoms with Crippen LogP contribution in [0.1, 0.15) is 43.1 Å². The summed E-state index contributed by atoms with van der Waals surface area (Å²) in [7, 11) is 1.96. The molecule has 0 saturated heterocycles. The van der Waals surface area contributed by atoms with Crippen molar-refractivity contribution >= 4 is 23.2 Å². The zero-order valence-electron chi connectivity index (χ0n) is 12.7. The maximum absolute atomic E-state index is 6.11. The van der Waals surface area contributed by atoms with Crippen molar-refractivity contribution in [2.75, 3.05) is 0 Å². The molecule has 3 nitrogen and oxygen atoms in total. The first kappa shape index (κ1) is 16.3. The van der Waals surface area contributed by atoms with E-state index in [0.29, 0.717) is 10.0 Å². The number of nitrogens with one attached hydrogen (secondary N) is 1. The molecule has 0 aliphatic heterocycles. The van der Waals surface area contributed by atoms with Crippen LogP contribution in [0.15, 0.2) is 24.4 Å². The van der Waals surface area contributed by atoms with Gasteiger partial charge in [0, 0.05) is 31.4 Å². The third-order valence-electron chi connectivity index (χ3n) is 3.62. The van der Waals surface area contributed by atoms with Crippen molar-refractivity contribution in [3.63, 3.8) is 0 Å². The molecule has 1 atom stereocenters. The van der Waals surface area contributed by atoms with E-state index in [9.17, 15) is 0 Å². The van der Waals surface area contributed by atoms with Crippen molar-refractivity contribution in [1.29, 1.82) is 0 Å². The minimum atomic E-state index is 0.254. The Bertz CT molecular complexity index is 608. The molecule has 0 bridgehead atoms. The second kappa shape index (κ2) is 7.30. The average molecular weight is 326 g/mol. The van der Waals surface area contributed by atoms with Crippen LogP contribution in [0.25, 0.3) is 0 Å². The molecule has 21 heavy (non-hydrogen) atoms. The molecule has 0 aliphatic rings. The summed E-state index contributed by atoms with van der Waals surface area (Å²) in [4.78, 5) is 0. The number of rotatable bonds is 6. The molecule has 2 rings (SSSR count). The Balaban J connectivity index is 2.10. The van der Waals surface area contributed by atoms with E-state index in [-0.39, 0.29) is 6.04 Å². The van der Waals surface area contributed by atoms with E-state index in [2.05, 4.69) is 30.5 Å². The van der Waals surface area contributed by atoms with Gasteiger partial charge in [0.1, 0.15) is 0 Å². The molecule has 5 heteroatoms. The van der Waals surface area contributed by atoms with Crippen LogP contribution >= 0.6 is 23.2 Å². The van der Waals surface area contributed by atoms with E-state index < -0.39 is 0 Å². The van der Waals surface area contributed by atoms with Crippen LogP contribution in [-0.2, 0) is 20.0 Å². The molecule has 0 radical (unpaired) electrons. The normalized spacial score (nSPS) is 12.6.